The molecule has 3 rings (SSSR count). The molecule has 1 atom stereocenters. The number of nitrogens with zero attached hydrogens (tertiary/aromatic N) is 3. The lowest BCUT2D eigenvalue weighted by Crippen LogP contribution is -2.28. The first kappa shape index (κ1) is 22.2. The van der Waals surface area contributed by atoms with E-state index in [0.29, 0.717) is 23.7 Å². The second kappa shape index (κ2) is 7.96. The summed E-state index contributed by atoms with van der Waals surface area (Å²) < 4.78 is 72.9. The summed E-state index contributed by atoms with van der Waals surface area (Å²) >= 11 is 11.3. The third-order valence-electron chi connectivity index (χ3n) is 4.15. The fourth-order valence-corrected chi connectivity index (χ4v) is 3.38. The second-order valence-electron chi connectivity index (χ2n) is 6.02. The first-order valence-corrected chi connectivity index (χ1v) is 8.79. The number of halogens is 7. The lowest BCUT2D eigenvalue weighted by molar-refractivity contribution is -0.384. The summed E-state index contributed by atoms with van der Waals surface area (Å²) in [6, 6.07) is 0. The molecule has 1 aromatic heterocycles. The van der Waals surface area contributed by atoms with E-state index in [1.54, 1.807) is 0 Å². The highest BCUT2D eigenvalue weighted by atomic mass is 35.5. The molecule has 1 aromatic carbocycles. The van der Waals surface area contributed by atoms with Gasteiger partial charge in [-0.1, -0.05) is 23.2 Å². The average Bonchev–Trinajstić information content (AvgIpc) is 3.30. The molecule has 1 amide bonds. The summed E-state index contributed by atoms with van der Waals surface area (Å²) in [6.45, 7) is 0.270. The highest BCUT2D eigenvalue weighted by Gasteiger charge is 2.42. The van der Waals surface area contributed by atoms with Crippen molar-refractivity contribution in [2.75, 3.05) is 11.9 Å². The Hall–Kier alpha value is -2.51. The van der Waals surface area contributed by atoms with E-state index in [1.807, 2.05) is 0 Å². The van der Waals surface area contributed by atoms with Gasteiger partial charge >= 0.3 is 11.9 Å². The van der Waals surface area contributed by atoms with Crippen LogP contribution in [0.25, 0.3) is 5.69 Å². The molecule has 1 saturated heterocycles. The van der Waals surface area contributed by atoms with E-state index in [4.69, 9.17) is 27.9 Å². The predicted octanol–water partition coefficient (Wildman–Crippen LogP) is 4.50. The van der Waals surface area contributed by atoms with Crippen LogP contribution in [0.5, 0.6) is 0 Å². The van der Waals surface area contributed by atoms with Crippen molar-refractivity contribution in [2.45, 2.75) is 25.1 Å². The molecule has 1 N–H and O–H groups in total. The van der Waals surface area contributed by atoms with Crippen LogP contribution in [0.3, 0.4) is 0 Å². The number of hydrogen-bond donors (Lipinski definition) is 1. The molecule has 0 spiro atoms. The molecule has 0 aliphatic carbocycles. The van der Waals surface area contributed by atoms with Crippen molar-refractivity contribution in [3.8, 4) is 5.69 Å². The van der Waals surface area contributed by atoms with Gasteiger partial charge in [-0.2, -0.15) is 18.3 Å². The number of hydrogen-bond acceptors (Lipinski definition) is 5. The second-order valence-corrected chi connectivity index (χ2v) is 6.77. The van der Waals surface area contributed by atoms with Gasteiger partial charge < -0.3 is 10.1 Å². The van der Waals surface area contributed by atoms with Crippen LogP contribution in [0.4, 0.5) is 33.5 Å². The smallest absolute Gasteiger partial charge is 0.368 e. The van der Waals surface area contributed by atoms with Crippen LogP contribution in [0.1, 0.15) is 18.4 Å². The number of benzene rings is 1. The summed E-state index contributed by atoms with van der Waals surface area (Å²) in [6.07, 6.45) is -4.97. The maximum atomic E-state index is 14.3. The van der Waals surface area contributed by atoms with Crippen LogP contribution >= 0.6 is 23.2 Å². The first-order valence-electron chi connectivity index (χ1n) is 8.03. The molecule has 1 aliphatic heterocycles. The van der Waals surface area contributed by atoms with Crippen molar-refractivity contribution in [3.05, 3.63) is 43.6 Å². The number of alkyl halides is 3. The topological polar surface area (TPSA) is 99.3 Å². The minimum atomic E-state index is -5.47. The van der Waals surface area contributed by atoms with Gasteiger partial charge in [0.2, 0.25) is 5.82 Å². The quantitative estimate of drug-likeness (QED) is 0.304. The minimum absolute atomic E-state index is 0.270. The Morgan fingerprint density at radius 2 is 1.90 bits per heavy atom. The number of ether oxygens (including phenoxy) is 1. The molecule has 0 saturated carbocycles. The summed E-state index contributed by atoms with van der Waals surface area (Å²) in [5.74, 6) is -5.95. The van der Waals surface area contributed by atoms with Crippen LogP contribution in [0.15, 0.2) is 6.20 Å². The number of nitrogens with one attached hydrogen (secondary N) is 1. The van der Waals surface area contributed by atoms with Crippen molar-refractivity contribution >= 4 is 40.6 Å². The Morgan fingerprint density at radius 1 is 1.30 bits per heavy atom. The zero-order valence-electron chi connectivity index (χ0n) is 14.4. The molecule has 1 fully saturated rings. The normalized spacial score (nSPS) is 16.7. The van der Waals surface area contributed by atoms with Crippen LogP contribution in [0.2, 0.25) is 10.0 Å². The van der Waals surface area contributed by atoms with E-state index < -0.39 is 67.5 Å². The van der Waals surface area contributed by atoms with E-state index >= 15 is 0 Å². The van der Waals surface area contributed by atoms with Crippen LogP contribution in [-0.4, -0.2) is 33.3 Å². The SMILES string of the molecule is O=C(Nc1c([N+](=O)[O-])cnn1-c1c(Cl)c(F)c(C(F)(F)F)c(F)c1Cl)C1CCCO1. The van der Waals surface area contributed by atoms with Gasteiger partial charge in [-0.3, -0.25) is 14.9 Å². The molecule has 162 valence electrons. The van der Waals surface area contributed by atoms with Gasteiger partial charge in [-0.05, 0) is 12.8 Å². The van der Waals surface area contributed by atoms with E-state index in [1.165, 1.54) is 0 Å². The highest BCUT2D eigenvalue weighted by Crippen LogP contribution is 2.44. The maximum absolute atomic E-state index is 14.3. The Bertz CT molecular complexity index is 1010. The molecule has 2 aromatic rings. The molecule has 1 aliphatic rings. The summed E-state index contributed by atoms with van der Waals surface area (Å²) in [5, 5.41) is 14.3. The number of carbonyl (C=O) groups is 1. The number of carbonyl (C=O) groups excluding carboxylic acids is 1. The van der Waals surface area contributed by atoms with Crippen LogP contribution in [-0.2, 0) is 15.7 Å². The van der Waals surface area contributed by atoms with Crippen LogP contribution < -0.4 is 5.32 Å². The molecule has 0 radical (unpaired) electrons. The van der Waals surface area contributed by atoms with Gasteiger partial charge in [0.1, 0.15) is 33.6 Å². The predicted molar refractivity (Wildman–Crippen MR) is 92.8 cm³/mol. The summed E-state index contributed by atoms with van der Waals surface area (Å²) in [7, 11) is 0. The molecule has 2 heterocycles. The highest BCUT2D eigenvalue weighted by molar-refractivity contribution is 6.38. The molecule has 15 heteroatoms. The van der Waals surface area contributed by atoms with Crippen molar-refractivity contribution < 1.29 is 36.4 Å². The van der Waals surface area contributed by atoms with Gasteiger partial charge in [0.15, 0.2) is 11.6 Å². The van der Waals surface area contributed by atoms with E-state index in [0.717, 1.165) is 0 Å². The lowest BCUT2D eigenvalue weighted by Gasteiger charge is -2.17. The van der Waals surface area contributed by atoms with Crippen molar-refractivity contribution in [1.29, 1.82) is 0 Å². The number of anilines is 1. The Labute approximate surface area is 173 Å². The summed E-state index contributed by atoms with van der Waals surface area (Å²) in [4.78, 5) is 22.6. The largest absolute Gasteiger partial charge is 0.422 e. The fourth-order valence-electron chi connectivity index (χ4n) is 2.80. The number of amides is 1. The monoisotopic (exact) mass is 474 g/mol. The Morgan fingerprint density at radius 3 is 2.37 bits per heavy atom. The van der Waals surface area contributed by atoms with Crippen molar-refractivity contribution in [1.82, 2.24) is 9.78 Å². The molecule has 8 nitrogen and oxygen atoms in total. The van der Waals surface area contributed by atoms with Gasteiger partial charge in [0.25, 0.3) is 5.91 Å². The van der Waals surface area contributed by atoms with E-state index in [-0.39, 0.29) is 6.61 Å². The van der Waals surface area contributed by atoms with Gasteiger partial charge in [0, 0.05) is 6.61 Å². The first-order chi connectivity index (χ1) is 13.9. The minimum Gasteiger partial charge on any atom is -0.368 e. The van der Waals surface area contributed by atoms with Gasteiger partial charge in [-0.25, -0.2) is 13.5 Å². The third-order valence-corrected chi connectivity index (χ3v) is 4.84. The lowest BCUT2D eigenvalue weighted by atomic mass is 10.1. The van der Waals surface area contributed by atoms with Crippen LogP contribution in [0, 0.1) is 21.7 Å². The van der Waals surface area contributed by atoms with Gasteiger partial charge in [-0.15, -0.1) is 0 Å². The molecule has 1 unspecified atom stereocenters. The Kier molecular flexibility index (Phi) is 5.89. The molecule has 0 bridgehead atoms. The van der Waals surface area contributed by atoms with Crippen molar-refractivity contribution in [3.63, 3.8) is 0 Å². The average molecular weight is 475 g/mol. The molecule has 30 heavy (non-hydrogen) atoms. The number of aromatic nitrogens is 2. The zero-order valence-corrected chi connectivity index (χ0v) is 15.9. The number of nitro groups is 1. The zero-order chi connectivity index (χ0) is 22.4. The summed E-state index contributed by atoms with van der Waals surface area (Å²) in [5.41, 5.74) is -4.13. The maximum Gasteiger partial charge on any atom is 0.422 e. The van der Waals surface area contributed by atoms with E-state index in [2.05, 4.69) is 10.4 Å². The standard InChI is InChI=1S/C15H9Cl2F5N4O4/c16-8-10(18)7(15(20,21)22)11(19)9(17)12(8)25-13(5(4-23-25)26(28)29)24-14(27)6-2-1-3-30-6/h4,6H,1-3H2,(H,24,27). The number of rotatable bonds is 4. The molecular formula is C15H9Cl2F5N4O4. The van der Waals surface area contributed by atoms with Gasteiger partial charge in [0.05, 0.1) is 4.92 Å². The Balaban J connectivity index is 2.19. The fraction of sp³-hybridized carbons (Fsp3) is 0.333. The van der Waals surface area contributed by atoms with Crippen molar-refractivity contribution in [2.24, 2.45) is 0 Å². The van der Waals surface area contributed by atoms with E-state index in [9.17, 15) is 36.9 Å². The molecular weight excluding hydrogens is 466 g/mol. The third kappa shape index (κ3) is 3.79.